The molecule has 0 N–H and O–H groups in total. The van der Waals surface area contributed by atoms with Crippen LogP contribution in [0.25, 0.3) is 0 Å². The molecular weight excluding hydrogens is 433 g/mol. The van der Waals surface area contributed by atoms with Gasteiger partial charge in [-0.05, 0) is 61.4 Å². The molecule has 0 atom stereocenters. The van der Waals surface area contributed by atoms with Crippen LogP contribution in [0.3, 0.4) is 0 Å². The van der Waals surface area contributed by atoms with Gasteiger partial charge in [0.05, 0.1) is 12.0 Å². The van der Waals surface area contributed by atoms with Crippen LogP contribution in [0, 0.1) is 5.82 Å². The van der Waals surface area contributed by atoms with E-state index in [4.69, 9.17) is 4.74 Å². The van der Waals surface area contributed by atoms with Crippen LogP contribution in [0.1, 0.15) is 19.3 Å². The zero-order valence-corrected chi connectivity index (χ0v) is 19.4. The highest BCUT2D eigenvalue weighted by Crippen LogP contribution is 2.21. The first-order valence-corrected chi connectivity index (χ1v) is 12.1. The van der Waals surface area contributed by atoms with Gasteiger partial charge in [0, 0.05) is 51.9 Å². The number of carbonyl (C=O) groups excluding carboxylic acids is 1. The fourth-order valence-electron chi connectivity index (χ4n) is 3.74. The fourth-order valence-corrected chi connectivity index (χ4v) is 4.95. The van der Waals surface area contributed by atoms with Crippen molar-refractivity contribution in [1.82, 2.24) is 9.21 Å². The predicted molar refractivity (Wildman–Crippen MR) is 122 cm³/mol. The Balaban J connectivity index is 1.48. The maximum atomic E-state index is 13.1. The van der Waals surface area contributed by atoms with E-state index >= 15 is 0 Å². The van der Waals surface area contributed by atoms with E-state index in [-0.39, 0.29) is 23.8 Å². The average molecular weight is 464 g/mol. The topological polar surface area (TPSA) is 70.2 Å². The molecule has 0 bridgehead atoms. The zero-order chi connectivity index (χ0) is 23.1. The number of sulfonamides is 1. The van der Waals surface area contributed by atoms with E-state index in [1.807, 2.05) is 29.2 Å². The summed E-state index contributed by atoms with van der Waals surface area (Å²) in [5.41, 5.74) is 1.10. The van der Waals surface area contributed by atoms with E-state index in [1.165, 1.54) is 23.5 Å². The van der Waals surface area contributed by atoms with Crippen LogP contribution in [0.4, 0.5) is 10.1 Å². The molecule has 7 nitrogen and oxygen atoms in total. The van der Waals surface area contributed by atoms with Gasteiger partial charge >= 0.3 is 0 Å². The van der Waals surface area contributed by atoms with Crippen LogP contribution in [0.5, 0.6) is 5.75 Å². The van der Waals surface area contributed by atoms with Gasteiger partial charge in [-0.3, -0.25) is 4.79 Å². The van der Waals surface area contributed by atoms with Crippen molar-refractivity contribution in [3.8, 4) is 5.75 Å². The number of nitrogens with zero attached hydrogens (tertiary/aromatic N) is 3. The van der Waals surface area contributed by atoms with Gasteiger partial charge in [0.15, 0.2) is 0 Å². The Morgan fingerprint density at radius 1 is 1.03 bits per heavy atom. The summed E-state index contributed by atoms with van der Waals surface area (Å²) in [7, 11) is -0.588. The van der Waals surface area contributed by atoms with Gasteiger partial charge in [0.1, 0.15) is 11.6 Å². The van der Waals surface area contributed by atoms with Crippen molar-refractivity contribution in [3.05, 3.63) is 54.3 Å². The van der Waals surface area contributed by atoms with Crippen LogP contribution in [-0.2, 0) is 14.8 Å². The van der Waals surface area contributed by atoms with Crippen molar-refractivity contribution in [2.45, 2.75) is 24.2 Å². The van der Waals surface area contributed by atoms with E-state index < -0.39 is 15.8 Å². The molecule has 2 aromatic rings. The molecular formula is C23H30FN3O4S. The number of hydrogen-bond donors (Lipinski definition) is 0. The molecule has 0 unspecified atom stereocenters. The highest BCUT2D eigenvalue weighted by Gasteiger charge is 2.22. The average Bonchev–Trinajstić information content (AvgIpc) is 3.05. The number of hydrogen-bond acceptors (Lipinski definition) is 5. The van der Waals surface area contributed by atoms with Crippen molar-refractivity contribution in [2.75, 3.05) is 51.8 Å². The number of rotatable bonds is 8. The van der Waals surface area contributed by atoms with Gasteiger partial charge in [-0.1, -0.05) is 0 Å². The molecule has 1 aliphatic rings. The zero-order valence-electron chi connectivity index (χ0n) is 18.5. The van der Waals surface area contributed by atoms with Gasteiger partial charge in [-0.25, -0.2) is 17.1 Å². The van der Waals surface area contributed by atoms with Crippen molar-refractivity contribution in [3.63, 3.8) is 0 Å². The molecule has 3 rings (SSSR count). The monoisotopic (exact) mass is 463 g/mol. The third kappa shape index (κ3) is 5.98. The summed E-state index contributed by atoms with van der Waals surface area (Å²) < 4.78 is 44.6. The number of amides is 1. The summed E-state index contributed by atoms with van der Waals surface area (Å²) >= 11 is 0. The molecule has 174 valence electrons. The van der Waals surface area contributed by atoms with Gasteiger partial charge in [-0.15, -0.1) is 0 Å². The number of carbonyl (C=O) groups is 1. The van der Waals surface area contributed by atoms with Crippen molar-refractivity contribution < 1.29 is 22.3 Å². The highest BCUT2D eigenvalue weighted by atomic mass is 32.2. The minimum atomic E-state index is -3.70. The first-order chi connectivity index (χ1) is 15.3. The van der Waals surface area contributed by atoms with Gasteiger partial charge < -0.3 is 14.5 Å². The lowest BCUT2D eigenvalue weighted by Crippen LogP contribution is -2.36. The highest BCUT2D eigenvalue weighted by molar-refractivity contribution is 7.89. The van der Waals surface area contributed by atoms with Crippen LogP contribution in [-0.4, -0.2) is 70.4 Å². The second kappa shape index (κ2) is 10.8. The maximum Gasteiger partial charge on any atom is 0.242 e. The van der Waals surface area contributed by atoms with E-state index in [0.29, 0.717) is 19.5 Å². The largest absolute Gasteiger partial charge is 0.497 e. The third-order valence-corrected chi connectivity index (χ3v) is 7.54. The summed E-state index contributed by atoms with van der Waals surface area (Å²) in [6, 6.07) is 12.6. The van der Waals surface area contributed by atoms with Crippen LogP contribution >= 0.6 is 0 Å². The molecule has 2 aromatic carbocycles. The van der Waals surface area contributed by atoms with Gasteiger partial charge in [-0.2, -0.15) is 0 Å². The number of anilines is 1. The van der Waals surface area contributed by atoms with Crippen molar-refractivity contribution in [1.29, 1.82) is 0 Å². The Morgan fingerprint density at radius 2 is 1.72 bits per heavy atom. The summed E-state index contributed by atoms with van der Waals surface area (Å²) in [6.07, 6.45) is 1.58. The number of benzene rings is 2. The molecule has 1 fully saturated rings. The smallest absolute Gasteiger partial charge is 0.242 e. The minimum Gasteiger partial charge on any atom is -0.497 e. The first kappa shape index (κ1) is 24.0. The summed E-state index contributed by atoms with van der Waals surface area (Å²) in [5, 5.41) is 0. The Kier molecular flexibility index (Phi) is 8.09. The van der Waals surface area contributed by atoms with Crippen LogP contribution in [0.2, 0.25) is 0 Å². The second-order valence-corrected chi connectivity index (χ2v) is 9.85. The number of methoxy groups -OCH3 is 1. The Bertz CT molecular complexity index is 997. The molecule has 0 saturated carbocycles. The molecule has 1 aliphatic heterocycles. The lowest BCUT2D eigenvalue weighted by molar-refractivity contribution is -0.131. The fraction of sp³-hybridized carbons (Fsp3) is 0.435. The summed E-state index contributed by atoms with van der Waals surface area (Å²) in [5.74, 6) is 0.362. The summed E-state index contributed by atoms with van der Waals surface area (Å²) in [4.78, 5) is 16.9. The van der Waals surface area contributed by atoms with Gasteiger partial charge in [0.2, 0.25) is 15.9 Å². The predicted octanol–water partition coefficient (Wildman–Crippen LogP) is 2.97. The van der Waals surface area contributed by atoms with E-state index in [9.17, 15) is 17.6 Å². The second-order valence-electron chi connectivity index (χ2n) is 7.80. The Labute approximate surface area is 189 Å². The SMILES string of the molecule is COc1ccc(N2CCCN(C(=O)CCCN(C)S(=O)(=O)c3ccc(F)cc3)CC2)cc1. The quantitative estimate of drug-likeness (QED) is 0.602. The Hall–Kier alpha value is -2.65. The number of ether oxygens (including phenoxy) is 1. The first-order valence-electron chi connectivity index (χ1n) is 10.7. The molecule has 1 amide bonds. The van der Waals surface area contributed by atoms with E-state index in [0.717, 1.165) is 43.1 Å². The molecule has 1 saturated heterocycles. The molecule has 1 heterocycles. The standard InChI is InChI=1S/C23H30FN3O4S/c1-25(32(29,30)22-12-6-19(24)7-13-22)14-3-5-23(28)27-16-4-15-26(17-18-27)20-8-10-21(31-2)11-9-20/h6-13H,3-5,14-18H2,1-2H3. The molecule has 0 aromatic heterocycles. The van der Waals surface area contributed by atoms with Crippen molar-refractivity contribution in [2.24, 2.45) is 0 Å². The molecule has 0 radical (unpaired) electrons. The number of halogens is 1. The Morgan fingerprint density at radius 3 is 2.38 bits per heavy atom. The minimum absolute atomic E-state index is 0.0363. The lowest BCUT2D eigenvalue weighted by atomic mass is 10.2. The maximum absolute atomic E-state index is 13.1. The molecule has 32 heavy (non-hydrogen) atoms. The normalized spacial score (nSPS) is 15.0. The van der Waals surface area contributed by atoms with Crippen LogP contribution in [0.15, 0.2) is 53.4 Å². The van der Waals surface area contributed by atoms with Crippen LogP contribution < -0.4 is 9.64 Å². The van der Waals surface area contributed by atoms with E-state index in [2.05, 4.69) is 4.90 Å². The summed E-state index contributed by atoms with van der Waals surface area (Å²) in [6.45, 7) is 3.16. The molecule has 9 heteroatoms. The molecule has 0 spiro atoms. The van der Waals surface area contributed by atoms with E-state index in [1.54, 1.807) is 7.11 Å². The lowest BCUT2D eigenvalue weighted by Gasteiger charge is -2.24. The van der Waals surface area contributed by atoms with Gasteiger partial charge in [0.25, 0.3) is 0 Å². The third-order valence-electron chi connectivity index (χ3n) is 5.67. The molecule has 0 aliphatic carbocycles. The van der Waals surface area contributed by atoms with Crippen molar-refractivity contribution >= 4 is 21.6 Å².